The predicted molar refractivity (Wildman–Crippen MR) is 92.8 cm³/mol. The summed E-state index contributed by atoms with van der Waals surface area (Å²) in [5.74, 6) is 0.723. The fourth-order valence-corrected chi connectivity index (χ4v) is 3.93. The molecule has 4 heteroatoms. The first-order chi connectivity index (χ1) is 10.1. The first-order valence-electron chi connectivity index (χ1n) is 8.29. The molecule has 3 nitrogen and oxygen atoms in total. The summed E-state index contributed by atoms with van der Waals surface area (Å²) in [6.07, 6.45) is 1.25. The maximum atomic E-state index is 3.53. The number of likely N-dealkylation sites (N-methyl/N-ethyl adjacent to an activating group) is 1. The topological polar surface area (TPSA) is 18.5 Å². The molecule has 0 bridgehead atoms. The molecule has 1 aliphatic rings. The Kier molecular flexibility index (Phi) is 6.68. The van der Waals surface area contributed by atoms with Crippen LogP contribution in [0.4, 0.5) is 0 Å². The zero-order valence-electron chi connectivity index (χ0n) is 14.1. The monoisotopic (exact) mass is 309 g/mol. The normalized spacial score (nSPS) is 21.3. The standard InChI is InChI=1S/C17H31N3S/c1-5-15-12-20(9-8-19(15)4)13-17-7-6-16(21-17)11-18-10-14(2)3/h6-7,14-15,18H,5,8-13H2,1-4H3. The van der Waals surface area contributed by atoms with Crippen LogP contribution in [-0.2, 0) is 13.1 Å². The summed E-state index contributed by atoms with van der Waals surface area (Å²) >= 11 is 1.97. The Morgan fingerprint density at radius 3 is 2.76 bits per heavy atom. The Morgan fingerprint density at radius 2 is 2.05 bits per heavy atom. The molecule has 0 radical (unpaired) electrons. The fraction of sp³-hybridized carbons (Fsp3) is 0.765. The Hall–Kier alpha value is -0.420. The Labute approximate surface area is 134 Å². The van der Waals surface area contributed by atoms with E-state index in [0.29, 0.717) is 0 Å². The summed E-state index contributed by atoms with van der Waals surface area (Å²) in [5, 5.41) is 3.53. The van der Waals surface area contributed by atoms with Crippen LogP contribution in [0.15, 0.2) is 12.1 Å². The van der Waals surface area contributed by atoms with E-state index >= 15 is 0 Å². The van der Waals surface area contributed by atoms with Gasteiger partial charge in [-0.15, -0.1) is 11.3 Å². The van der Waals surface area contributed by atoms with Gasteiger partial charge in [-0.1, -0.05) is 20.8 Å². The SMILES string of the molecule is CCC1CN(Cc2ccc(CNCC(C)C)s2)CCN1C. The molecule has 1 aliphatic heterocycles. The van der Waals surface area contributed by atoms with Crippen LogP contribution >= 0.6 is 11.3 Å². The van der Waals surface area contributed by atoms with Crippen molar-refractivity contribution in [2.75, 3.05) is 33.2 Å². The highest BCUT2D eigenvalue weighted by Crippen LogP contribution is 2.20. The van der Waals surface area contributed by atoms with Gasteiger partial charge in [0.2, 0.25) is 0 Å². The van der Waals surface area contributed by atoms with E-state index < -0.39 is 0 Å². The Bertz CT molecular complexity index is 416. The molecule has 0 saturated carbocycles. The van der Waals surface area contributed by atoms with Crippen LogP contribution in [-0.4, -0.2) is 49.1 Å². The summed E-state index contributed by atoms with van der Waals surface area (Å²) in [7, 11) is 2.26. The molecule has 1 fully saturated rings. The second kappa shape index (κ2) is 8.28. The lowest BCUT2D eigenvalue weighted by molar-refractivity contribution is 0.0891. The highest BCUT2D eigenvalue weighted by atomic mass is 32.1. The fourth-order valence-electron chi connectivity index (χ4n) is 2.90. The van der Waals surface area contributed by atoms with Gasteiger partial charge in [-0.05, 0) is 38.1 Å². The van der Waals surface area contributed by atoms with E-state index in [1.165, 1.54) is 35.8 Å². The summed E-state index contributed by atoms with van der Waals surface area (Å²) < 4.78 is 0. The third kappa shape index (κ3) is 5.37. The maximum absolute atomic E-state index is 3.53. The smallest absolute Gasteiger partial charge is 0.0329 e. The predicted octanol–water partition coefficient (Wildman–Crippen LogP) is 3.02. The molecule has 1 saturated heterocycles. The van der Waals surface area contributed by atoms with Crippen molar-refractivity contribution in [1.82, 2.24) is 15.1 Å². The third-order valence-electron chi connectivity index (χ3n) is 4.28. The quantitative estimate of drug-likeness (QED) is 0.835. The highest BCUT2D eigenvalue weighted by Gasteiger charge is 2.22. The Balaban J connectivity index is 1.79. The summed E-state index contributed by atoms with van der Waals surface area (Å²) in [6, 6.07) is 5.34. The summed E-state index contributed by atoms with van der Waals surface area (Å²) in [6.45, 7) is 13.7. The van der Waals surface area contributed by atoms with E-state index in [-0.39, 0.29) is 0 Å². The number of rotatable bonds is 7. The van der Waals surface area contributed by atoms with Gasteiger partial charge in [-0.25, -0.2) is 0 Å². The molecule has 1 unspecified atom stereocenters. The molecular weight excluding hydrogens is 278 g/mol. The Morgan fingerprint density at radius 1 is 1.29 bits per heavy atom. The van der Waals surface area contributed by atoms with Crippen molar-refractivity contribution >= 4 is 11.3 Å². The van der Waals surface area contributed by atoms with E-state index in [1.54, 1.807) is 0 Å². The maximum Gasteiger partial charge on any atom is 0.0329 e. The van der Waals surface area contributed by atoms with Gasteiger partial charge in [-0.2, -0.15) is 0 Å². The summed E-state index contributed by atoms with van der Waals surface area (Å²) in [4.78, 5) is 8.10. The molecule has 0 amide bonds. The highest BCUT2D eigenvalue weighted by molar-refractivity contribution is 7.11. The van der Waals surface area contributed by atoms with Crippen molar-refractivity contribution in [3.63, 3.8) is 0 Å². The molecule has 2 rings (SSSR count). The van der Waals surface area contributed by atoms with E-state index in [9.17, 15) is 0 Å². The first-order valence-corrected chi connectivity index (χ1v) is 9.11. The van der Waals surface area contributed by atoms with Gasteiger partial charge in [0.15, 0.2) is 0 Å². The van der Waals surface area contributed by atoms with Crippen LogP contribution in [0.3, 0.4) is 0 Å². The van der Waals surface area contributed by atoms with E-state index in [4.69, 9.17) is 0 Å². The van der Waals surface area contributed by atoms with Crippen molar-refractivity contribution in [3.05, 3.63) is 21.9 Å². The zero-order chi connectivity index (χ0) is 15.2. The van der Waals surface area contributed by atoms with Crippen LogP contribution in [0.1, 0.15) is 36.9 Å². The van der Waals surface area contributed by atoms with Crippen LogP contribution in [0, 0.1) is 5.92 Å². The number of hydrogen-bond donors (Lipinski definition) is 1. The second-order valence-corrected chi connectivity index (χ2v) is 7.92. The molecular formula is C17H31N3S. The van der Waals surface area contributed by atoms with E-state index in [2.05, 4.69) is 55.1 Å². The van der Waals surface area contributed by atoms with Crippen LogP contribution in [0.25, 0.3) is 0 Å². The lowest BCUT2D eigenvalue weighted by Gasteiger charge is -2.38. The molecule has 0 aliphatic carbocycles. The minimum absolute atomic E-state index is 0.723. The molecule has 1 atom stereocenters. The molecule has 1 N–H and O–H groups in total. The first kappa shape index (κ1) is 16.9. The average Bonchev–Trinajstić information content (AvgIpc) is 2.88. The minimum atomic E-state index is 0.723. The van der Waals surface area contributed by atoms with Crippen molar-refractivity contribution in [2.24, 2.45) is 5.92 Å². The average molecular weight is 310 g/mol. The van der Waals surface area contributed by atoms with Crippen molar-refractivity contribution in [1.29, 1.82) is 0 Å². The van der Waals surface area contributed by atoms with Crippen molar-refractivity contribution < 1.29 is 0 Å². The van der Waals surface area contributed by atoms with Gasteiger partial charge >= 0.3 is 0 Å². The number of piperazine rings is 1. The van der Waals surface area contributed by atoms with E-state index in [0.717, 1.165) is 31.6 Å². The van der Waals surface area contributed by atoms with Crippen LogP contribution < -0.4 is 5.32 Å². The number of hydrogen-bond acceptors (Lipinski definition) is 4. The molecule has 1 aromatic heterocycles. The second-order valence-electron chi connectivity index (χ2n) is 6.67. The number of nitrogens with zero attached hydrogens (tertiary/aromatic N) is 2. The lowest BCUT2D eigenvalue weighted by Crippen LogP contribution is -2.50. The molecule has 0 aromatic carbocycles. The zero-order valence-corrected chi connectivity index (χ0v) is 14.9. The molecule has 0 spiro atoms. The number of thiophene rings is 1. The van der Waals surface area contributed by atoms with Crippen molar-refractivity contribution in [2.45, 2.75) is 46.3 Å². The van der Waals surface area contributed by atoms with Gasteiger partial charge in [0.25, 0.3) is 0 Å². The molecule has 120 valence electrons. The van der Waals surface area contributed by atoms with Gasteiger partial charge in [0.1, 0.15) is 0 Å². The summed E-state index contributed by atoms with van der Waals surface area (Å²) in [5.41, 5.74) is 0. The number of nitrogens with one attached hydrogen (secondary N) is 1. The largest absolute Gasteiger partial charge is 0.312 e. The van der Waals surface area contributed by atoms with Gasteiger partial charge in [0.05, 0.1) is 0 Å². The third-order valence-corrected chi connectivity index (χ3v) is 5.35. The molecule has 1 aromatic rings. The van der Waals surface area contributed by atoms with Gasteiger partial charge in [-0.3, -0.25) is 4.90 Å². The van der Waals surface area contributed by atoms with Crippen molar-refractivity contribution in [3.8, 4) is 0 Å². The molecule has 21 heavy (non-hydrogen) atoms. The van der Waals surface area contributed by atoms with Crippen LogP contribution in [0.5, 0.6) is 0 Å². The van der Waals surface area contributed by atoms with Gasteiger partial charge in [0, 0.05) is 48.5 Å². The van der Waals surface area contributed by atoms with Crippen LogP contribution in [0.2, 0.25) is 0 Å². The lowest BCUT2D eigenvalue weighted by atomic mass is 10.1. The minimum Gasteiger partial charge on any atom is -0.312 e. The van der Waals surface area contributed by atoms with Gasteiger partial charge < -0.3 is 10.2 Å². The van der Waals surface area contributed by atoms with E-state index in [1.807, 2.05) is 11.3 Å². The molecule has 2 heterocycles.